The molecule has 0 saturated carbocycles. The fraction of sp³-hybridized carbons (Fsp3) is 0.500. The minimum Gasteiger partial charge on any atom is -0.399 e. The van der Waals surface area contributed by atoms with E-state index in [1.165, 1.54) is 0 Å². The number of aryl methyl sites for hydroxylation is 1. The number of benzene rings is 1. The second-order valence-electron chi connectivity index (χ2n) is 5.11. The standard InChI is InChI=1S/C14H20N2O/c1-10-3-5-16(6-4-10)14(17)12-7-11(2)8-13(15)9-12/h7-10H,3-6,15H2,1-2H3. The summed E-state index contributed by atoms with van der Waals surface area (Å²) < 4.78 is 0. The van der Waals surface area contributed by atoms with E-state index in [1.54, 1.807) is 6.07 Å². The summed E-state index contributed by atoms with van der Waals surface area (Å²) in [5, 5.41) is 0. The molecule has 2 N–H and O–H groups in total. The van der Waals surface area contributed by atoms with Crippen molar-refractivity contribution in [1.29, 1.82) is 0 Å². The average Bonchev–Trinajstić information content (AvgIpc) is 2.28. The molecule has 0 radical (unpaired) electrons. The molecule has 3 nitrogen and oxygen atoms in total. The highest BCUT2D eigenvalue weighted by Crippen LogP contribution is 2.19. The molecule has 1 aromatic carbocycles. The Morgan fingerprint density at radius 3 is 2.53 bits per heavy atom. The van der Waals surface area contributed by atoms with E-state index >= 15 is 0 Å². The number of amides is 1. The maximum Gasteiger partial charge on any atom is 0.253 e. The van der Waals surface area contributed by atoms with Crippen molar-refractivity contribution < 1.29 is 4.79 Å². The van der Waals surface area contributed by atoms with Crippen LogP contribution in [0.1, 0.15) is 35.7 Å². The van der Waals surface area contributed by atoms with Crippen molar-refractivity contribution in [3.8, 4) is 0 Å². The number of carbonyl (C=O) groups excluding carboxylic acids is 1. The molecule has 0 bridgehead atoms. The van der Waals surface area contributed by atoms with Crippen LogP contribution in [-0.4, -0.2) is 23.9 Å². The SMILES string of the molecule is Cc1cc(N)cc(C(=O)N2CCC(C)CC2)c1. The van der Waals surface area contributed by atoms with Gasteiger partial charge in [0, 0.05) is 24.3 Å². The van der Waals surface area contributed by atoms with Crippen LogP contribution in [0.3, 0.4) is 0 Å². The van der Waals surface area contributed by atoms with Gasteiger partial charge in [-0.1, -0.05) is 6.92 Å². The topological polar surface area (TPSA) is 46.3 Å². The van der Waals surface area contributed by atoms with Gasteiger partial charge < -0.3 is 10.6 Å². The summed E-state index contributed by atoms with van der Waals surface area (Å²) in [7, 11) is 0. The predicted octanol–water partition coefficient (Wildman–Crippen LogP) is 2.45. The zero-order chi connectivity index (χ0) is 12.4. The van der Waals surface area contributed by atoms with Crippen LogP contribution in [0.2, 0.25) is 0 Å². The lowest BCUT2D eigenvalue weighted by Crippen LogP contribution is -2.37. The quantitative estimate of drug-likeness (QED) is 0.756. The third-order valence-electron chi connectivity index (χ3n) is 3.42. The van der Waals surface area contributed by atoms with E-state index < -0.39 is 0 Å². The number of nitrogens with zero attached hydrogens (tertiary/aromatic N) is 1. The van der Waals surface area contributed by atoms with E-state index in [0.717, 1.165) is 43.0 Å². The summed E-state index contributed by atoms with van der Waals surface area (Å²) in [5.41, 5.74) is 8.20. The van der Waals surface area contributed by atoms with Gasteiger partial charge in [0.1, 0.15) is 0 Å². The first-order valence-electron chi connectivity index (χ1n) is 6.22. The first-order valence-corrected chi connectivity index (χ1v) is 6.22. The van der Waals surface area contributed by atoms with Gasteiger partial charge in [0.15, 0.2) is 0 Å². The highest BCUT2D eigenvalue weighted by atomic mass is 16.2. The molecule has 1 aliphatic heterocycles. The van der Waals surface area contributed by atoms with E-state index in [-0.39, 0.29) is 5.91 Å². The number of piperidine rings is 1. The van der Waals surface area contributed by atoms with Crippen LogP contribution in [0.5, 0.6) is 0 Å². The molecular weight excluding hydrogens is 212 g/mol. The van der Waals surface area contributed by atoms with Crippen LogP contribution >= 0.6 is 0 Å². The van der Waals surface area contributed by atoms with Crippen molar-refractivity contribution >= 4 is 11.6 Å². The minimum atomic E-state index is 0.118. The Bertz CT molecular complexity index is 400. The molecule has 1 heterocycles. The fourth-order valence-electron chi connectivity index (χ4n) is 2.33. The lowest BCUT2D eigenvalue weighted by molar-refractivity contribution is 0.0697. The molecule has 1 saturated heterocycles. The van der Waals surface area contributed by atoms with Gasteiger partial charge in [0.25, 0.3) is 5.91 Å². The molecule has 1 fully saturated rings. The maximum atomic E-state index is 12.3. The Hall–Kier alpha value is -1.51. The normalized spacial score (nSPS) is 17.2. The van der Waals surface area contributed by atoms with Crippen molar-refractivity contribution in [1.82, 2.24) is 4.90 Å². The smallest absolute Gasteiger partial charge is 0.253 e. The van der Waals surface area contributed by atoms with Crippen LogP contribution in [0.25, 0.3) is 0 Å². The molecule has 1 aliphatic rings. The monoisotopic (exact) mass is 232 g/mol. The number of carbonyl (C=O) groups is 1. The van der Waals surface area contributed by atoms with Crippen LogP contribution in [-0.2, 0) is 0 Å². The van der Waals surface area contributed by atoms with Gasteiger partial charge in [-0.05, 0) is 49.4 Å². The summed E-state index contributed by atoms with van der Waals surface area (Å²) in [6, 6.07) is 5.57. The summed E-state index contributed by atoms with van der Waals surface area (Å²) in [4.78, 5) is 14.2. The number of hydrogen-bond acceptors (Lipinski definition) is 2. The van der Waals surface area contributed by atoms with E-state index in [0.29, 0.717) is 5.69 Å². The van der Waals surface area contributed by atoms with Crippen LogP contribution in [0.15, 0.2) is 18.2 Å². The van der Waals surface area contributed by atoms with Crippen LogP contribution < -0.4 is 5.73 Å². The van der Waals surface area contributed by atoms with Crippen molar-refractivity contribution in [2.75, 3.05) is 18.8 Å². The zero-order valence-corrected chi connectivity index (χ0v) is 10.6. The average molecular weight is 232 g/mol. The molecule has 0 spiro atoms. The molecule has 0 unspecified atom stereocenters. The molecular formula is C14H20N2O. The highest BCUT2D eigenvalue weighted by Gasteiger charge is 2.21. The number of hydrogen-bond donors (Lipinski definition) is 1. The van der Waals surface area contributed by atoms with Gasteiger partial charge in [0.2, 0.25) is 0 Å². The van der Waals surface area contributed by atoms with Gasteiger partial charge >= 0.3 is 0 Å². The van der Waals surface area contributed by atoms with E-state index in [1.807, 2.05) is 24.0 Å². The number of nitrogens with two attached hydrogens (primary N) is 1. The van der Waals surface area contributed by atoms with E-state index in [2.05, 4.69) is 6.92 Å². The van der Waals surface area contributed by atoms with Crippen LogP contribution in [0, 0.1) is 12.8 Å². The van der Waals surface area contributed by atoms with Crippen molar-refractivity contribution in [3.63, 3.8) is 0 Å². The number of likely N-dealkylation sites (tertiary alicyclic amines) is 1. The molecule has 17 heavy (non-hydrogen) atoms. The highest BCUT2D eigenvalue weighted by molar-refractivity contribution is 5.95. The summed E-state index contributed by atoms with van der Waals surface area (Å²) in [6.45, 7) is 5.94. The van der Waals surface area contributed by atoms with Crippen molar-refractivity contribution in [2.45, 2.75) is 26.7 Å². The van der Waals surface area contributed by atoms with Crippen molar-refractivity contribution in [2.24, 2.45) is 5.92 Å². The molecule has 0 aromatic heterocycles. The third kappa shape index (κ3) is 2.78. The molecule has 92 valence electrons. The summed E-state index contributed by atoms with van der Waals surface area (Å²) in [6.07, 6.45) is 2.21. The Labute approximate surface area is 103 Å². The van der Waals surface area contributed by atoms with E-state index in [4.69, 9.17) is 5.73 Å². The Morgan fingerprint density at radius 1 is 1.29 bits per heavy atom. The van der Waals surface area contributed by atoms with Gasteiger partial charge in [-0.3, -0.25) is 4.79 Å². The molecule has 1 amide bonds. The summed E-state index contributed by atoms with van der Waals surface area (Å²) >= 11 is 0. The Kier molecular flexibility index (Phi) is 3.36. The number of nitrogen functional groups attached to an aromatic ring is 1. The maximum absolute atomic E-state index is 12.3. The van der Waals surface area contributed by atoms with Crippen LogP contribution in [0.4, 0.5) is 5.69 Å². The predicted molar refractivity (Wildman–Crippen MR) is 69.9 cm³/mol. The third-order valence-corrected chi connectivity index (χ3v) is 3.42. The van der Waals surface area contributed by atoms with Gasteiger partial charge in [-0.2, -0.15) is 0 Å². The second-order valence-corrected chi connectivity index (χ2v) is 5.11. The molecule has 1 aromatic rings. The molecule has 2 rings (SSSR count). The molecule has 0 aliphatic carbocycles. The van der Waals surface area contributed by atoms with Gasteiger partial charge in [-0.15, -0.1) is 0 Å². The van der Waals surface area contributed by atoms with Gasteiger partial charge in [0.05, 0.1) is 0 Å². The molecule has 0 atom stereocenters. The first-order chi connectivity index (χ1) is 8.06. The Balaban J connectivity index is 2.14. The minimum absolute atomic E-state index is 0.118. The first kappa shape index (κ1) is 12.0. The second kappa shape index (κ2) is 4.78. The molecule has 3 heteroatoms. The van der Waals surface area contributed by atoms with Gasteiger partial charge in [-0.25, -0.2) is 0 Å². The largest absolute Gasteiger partial charge is 0.399 e. The number of rotatable bonds is 1. The lowest BCUT2D eigenvalue weighted by atomic mass is 9.98. The number of anilines is 1. The fourth-order valence-corrected chi connectivity index (χ4v) is 2.33. The lowest BCUT2D eigenvalue weighted by Gasteiger charge is -2.30. The van der Waals surface area contributed by atoms with E-state index in [9.17, 15) is 4.79 Å². The summed E-state index contributed by atoms with van der Waals surface area (Å²) in [5.74, 6) is 0.855. The zero-order valence-electron chi connectivity index (χ0n) is 10.6. The van der Waals surface area contributed by atoms with Crippen molar-refractivity contribution in [3.05, 3.63) is 29.3 Å². The Morgan fingerprint density at radius 2 is 1.94 bits per heavy atom.